The van der Waals surface area contributed by atoms with Gasteiger partial charge in [-0.15, -0.1) is 0 Å². The third-order valence-corrected chi connectivity index (χ3v) is 8.58. The summed E-state index contributed by atoms with van der Waals surface area (Å²) >= 11 is 12.2. The molecule has 0 aliphatic carbocycles. The van der Waals surface area contributed by atoms with Crippen LogP contribution >= 0.6 is 23.2 Å². The summed E-state index contributed by atoms with van der Waals surface area (Å²) in [6.07, 6.45) is 0. The number of aryl methyl sites for hydroxylation is 1. The number of halogens is 2. The molecule has 0 amide bonds. The van der Waals surface area contributed by atoms with E-state index in [0.717, 1.165) is 6.07 Å². The molecular formula is C21H16Cl2N2O5S2. The Morgan fingerprint density at radius 1 is 0.875 bits per heavy atom. The van der Waals surface area contributed by atoms with Gasteiger partial charge >= 0.3 is 0 Å². The van der Waals surface area contributed by atoms with Crippen LogP contribution in [0.5, 0.6) is 0 Å². The molecule has 0 unspecified atom stereocenters. The molecule has 0 spiro atoms. The lowest BCUT2D eigenvalue weighted by atomic mass is 10.1. The molecule has 4 aromatic rings. The Kier molecular flexibility index (Phi) is 5.51. The zero-order valence-electron chi connectivity index (χ0n) is 16.5. The van der Waals surface area contributed by atoms with Crippen molar-refractivity contribution >= 4 is 59.7 Å². The SMILES string of the molecule is Cn1c(-c2ccccc2)c(S(=O)(=O)O)c2c(S(=O)(=O)c3cc(Cl)c(N)cc3Cl)cccc21. The van der Waals surface area contributed by atoms with Crippen LogP contribution in [0.15, 0.2) is 75.4 Å². The van der Waals surface area contributed by atoms with Crippen molar-refractivity contribution in [2.45, 2.75) is 14.7 Å². The normalized spacial score (nSPS) is 12.4. The van der Waals surface area contributed by atoms with Crippen LogP contribution < -0.4 is 5.73 Å². The van der Waals surface area contributed by atoms with Crippen LogP contribution in [-0.2, 0) is 27.0 Å². The lowest BCUT2D eigenvalue weighted by molar-refractivity contribution is 0.484. The highest BCUT2D eigenvalue weighted by Crippen LogP contribution is 2.42. The number of fused-ring (bicyclic) bond motifs is 1. The van der Waals surface area contributed by atoms with Gasteiger partial charge in [-0.1, -0.05) is 59.6 Å². The second kappa shape index (κ2) is 7.79. The van der Waals surface area contributed by atoms with E-state index in [2.05, 4.69) is 0 Å². The topological polar surface area (TPSA) is 119 Å². The fourth-order valence-corrected chi connectivity index (χ4v) is 6.98. The van der Waals surface area contributed by atoms with Crippen LogP contribution in [0.1, 0.15) is 0 Å². The van der Waals surface area contributed by atoms with E-state index in [1.54, 1.807) is 43.4 Å². The number of nitrogens with two attached hydrogens (primary N) is 1. The number of nitrogen functional groups attached to an aromatic ring is 1. The Bertz CT molecular complexity index is 1600. The van der Waals surface area contributed by atoms with Gasteiger partial charge in [-0.3, -0.25) is 4.55 Å². The summed E-state index contributed by atoms with van der Waals surface area (Å²) in [7, 11) is -7.62. The Morgan fingerprint density at radius 3 is 2.16 bits per heavy atom. The van der Waals surface area contributed by atoms with Crippen LogP contribution in [0.3, 0.4) is 0 Å². The molecule has 0 bridgehead atoms. The maximum Gasteiger partial charge on any atom is 0.297 e. The summed E-state index contributed by atoms with van der Waals surface area (Å²) in [4.78, 5) is -1.20. The molecule has 0 fully saturated rings. The lowest BCUT2D eigenvalue weighted by Crippen LogP contribution is -2.07. The van der Waals surface area contributed by atoms with Gasteiger partial charge in [0.25, 0.3) is 10.1 Å². The first-order chi connectivity index (χ1) is 14.9. The summed E-state index contributed by atoms with van der Waals surface area (Å²) in [5, 5.41) is -0.343. The fourth-order valence-electron chi connectivity index (χ4n) is 3.68. The molecule has 3 N–H and O–H groups in total. The molecule has 11 heteroatoms. The Balaban J connectivity index is 2.18. The molecule has 1 heterocycles. The van der Waals surface area contributed by atoms with Gasteiger partial charge in [0.1, 0.15) is 4.90 Å². The highest BCUT2D eigenvalue weighted by molar-refractivity contribution is 7.92. The van der Waals surface area contributed by atoms with Gasteiger partial charge in [-0.25, -0.2) is 8.42 Å². The van der Waals surface area contributed by atoms with E-state index in [-0.39, 0.29) is 42.1 Å². The first-order valence-electron chi connectivity index (χ1n) is 9.08. The molecule has 3 aromatic carbocycles. The van der Waals surface area contributed by atoms with Crippen LogP contribution in [0.25, 0.3) is 22.2 Å². The van der Waals surface area contributed by atoms with Crippen molar-refractivity contribution in [2.24, 2.45) is 7.05 Å². The van der Waals surface area contributed by atoms with Crippen LogP contribution in [0, 0.1) is 0 Å². The third-order valence-electron chi connectivity index (χ3n) is 5.08. The summed E-state index contributed by atoms with van der Waals surface area (Å²) in [5.74, 6) is 0. The quantitative estimate of drug-likeness (QED) is 0.300. The minimum atomic E-state index is -4.84. The minimum absolute atomic E-state index is 0.0202. The zero-order valence-corrected chi connectivity index (χ0v) is 19.6. The predicted octanol–water partition coefficient (Wildman–Crippen LogP) is 4.81. The van der Waals surface area contributed by atoms with Crippen LogP contribution in [-0.4, -0.2) is 26.0 Å². The van der Waals surface area contributed by atoms with Gasteiger partial charge in [0, 0.05) is 12.4 Å². The number of rotatable bonds is 4. The van der Waals surface area contributed by atoms with Gasteiger partial charge in [-0.2, -0.15) is 8.42 Å². The molecular weight excluding hydrogens is 495 g/mol. The van der Waals surface area contributed by atoms with Gasteiger partial charge in [-0.05, 0) is 29.8 Å². The molecule has 0 saturated heterocycles. The lowest BCUT2D eigenvalue weighted by Gasteiger charge is -2.11. The third kappa shape index (κ3) is 3.56. The average Bonchev–Trinajstić information content (AvgIpc) is 3.04. The number of benzene rings is 3. The number of anilines is 1. The Labute approximate surface area is 194 Å². The molecule has 0 atom stereocenters. The molecule has 7 nitrogen and oxygen atoms in total. The number of hydrogen-bond acceptors (Lipinski definition) is 5. The minimum Gasteiger partial charge on any atom is -0.397 e. The summed E-state index contributed by atoms with van der Waals surface area (Å²) in [6, 6.07) is 15.1. The van der Waals surface area contributed by atoms with Crippen molar-refractivity contribution in [3.05, 3.63) is 70.7 Å². The van der Waals surface area contributed by atoms with Crippen molar-refractivity contribution < 1.29 is 21.4 Å². The van der Waals surface area contributed by atoms with Crippen LogP contribution in [0.2, 0.25) is 10.0 Å². The van der Waals surface area contributed by atoms with E-state index in [0.29, 0.717) is 5.56 Å². The monoisotopic (exact) mass is 510 g/mol. The largest absolute Gasteiger partial charge is 0.397 e. The fraction of sp³-hybridized carbons (Fsp3) is 0.0476. The van der Waals surface area contributed by atoms with Gasteiger partial charge in [0.2, 0.25) is 9.84 Å². The van der Waals surface area contributed by atoms with Gasteiger partial charge < -0.3 is 10.3 Å². The first-order valence-corrected chi connectivity index (χ1v) is 12.8. The van der Waals surface area contributed by atoms with E-state index in [4.69, 9.17) is 28.9 Å². The second-order valence-electron chi connectivity index (χ2n) is 7.04. The maximum absolute atomic E-state index is 13.6. The Hall–Kier alpha value is -2.56. The molecule has 0 saturated carbocycles. The molecule has 4 rings (SSSR count). The number of sulfone groups is 1. The van der Waals surface area contributed by atoms with E-state index in [9.17, 15) is 21.4 Å². The van der Waals surface area contributed by atoms with Gasteiger partial charge in [0.15, 0.2) is 0 Å². The summed E-state index contributed by atoms with van der Waals surface area (Å²) in [6.45, 7) is 0. The Morgan fingerprint density at radius 2 is 1.53 bits per heavy atom. The highest BCUT2D eigenvalue weighted by Gasteiger charge is 2.32. The number of hydrogen-bond donors (Lipinski definition) is 2. The van der Waals surface area contributed by atoms with Crippen molar-refractivity contribution in [3.63, 3.8) is 0 Å². The molecule has 0 aliphatic heterocycles. The maximum atomic E-state index is 13.6. The molecule has 0 radical (unpaired) electrons. The zero-order chi connectivity index (χ0) is 23.4. The van der Waals surface area contributed by atoms with Gasteiger partial charge in [0.05, 0.1) is 36.7 Å². The van der Waals surface area contributed by atoms with Crippen molar-refractivity contribution in [1.29, 1.82) is 0 Å². The molecule has 166 valence electrons. The first kappa shape index (κ1) is 22.6. The second-order valence-corrected chi connectivity index (χ2v) is 11.1. The van der Waals surface area contributed by atoms with Crippen molar-refractivity contribution in [1.82, 2.24) is 4.57 Å². The standard InChI is InChI=1S/C21H16Cl2N2O5S2/c1-25-16-8-5-9-17(31(26,27)18-11-13(22)15(24)10-14(18)23)19(16)21(32(28,29)30)20(25)12-6-3-2-4-7-12/h2-11H,24H2,1H3,(H,28,29,30). The summed E-state index contributed by atoms with van der Waals surface area (Å²) in [5.41, 5.74) is 6.71. The smallest absolute Gasteiger partial charge is 0.297 e. The van der Waals surface area contributed by atoms with E-state index in [1.165, 1.54) is 22.8 Å². The van der Waals surface area contributed by atoms with E-state index >= 15 is 0 Å². The molecule has 1 aromatic heterocycles. The molecule has 0 aliphatic rings. The number of aromatic nitrogens is 1. The summed E-state index contributed by atoms with van der Waals surface area (Å²) < 4.78 is 63.9. The number of nitrogens with zero attached hydrogens (tertiary/aromatic N) is 1. The van der Waals surface area contributed by atoms with E-state index < -0.39 is 24.9 Å². The molecule has 32 heavy (non-hydrogen) atoms. The van der Waals surface area contributed by atoms with Crippen molar-refractivity contribution in [3.8, 4) is 11.3 Å². The van der Waals surface area contributed by atoms with Crippen LogP contribution in [0.4, 0.5) is 5.69 Å². The predicted molar refractivity (Wildman–Crippen MR) is 124 cm³/mol. The van der Waals surface area contributed by atoms with Crippen molar-refractivity contribution in [2.75, 3.05) is 5.73 Å². The highest BCUT2D eigenvalue weighted by atomic mass is 35.5. The van der Waals surface area contributed by atoms with E-state index in [1.807, 2.05) is 0 Å². The average molecular weight is 511 g/mol.